The molecule has 2 rings (SSSR count). The minimum atomic E-state index is -0.318. The lowest BCUT2D eigenvalue weighted by atomic mass is 9.96. The fraction of sp³-hybridized carbons (Fsp3) is 0.357. The van der Waals surface area contributed by atoms with E-state index in [1.165, 1.54) is 12.1 Å². The number of hydrogen-bond donors (Lipinski definition) is 0. The van der Waals surface area contributed by atoms with Crippen molar-refractivity contribution in [2.75, 3.05) is 0 Å². The molecule has 17 heavy (non-hydrogen) atoms. The van der Waals surface area contributed by atoms with Crippen LogP contribution in [0.4, 0.5) is 4.39 Å². The van der Waals surface area contributed by atoms with Gasteiger partial charge in [0.1, 0.15) is 11.9 Å². The van der Waals surface area contributed by atoms with E-state index in [1.807, 2.05) is 19.9 Å². The highest BCUT2D eigenvalue weighted by atomic mass is 19.1. The Balaban J connectivity index is 2.23. The molecule has 1 aliphatic heterocycles. The smallest absolute Gasteiger partial charge is 0.338 e. The molecule has 90 valence electrons. The Kier molecular flexibility index (Phi) is 3.27. The lowest BCUT2D eigenvalue weighted by molar-refractivity contribution is -0.144. The largest absolute Gasteiger partial charge is 0.458 e. The van der Waals surface area contributed by atoms with Gasteiger partial charge in [-0.1, -0.05) is 32.1 Å². The summed E-state index contributed by atoms with van der Waals surface area (Å²) in [6.07, 6.45) is 2.55. The Bertz CT molecular complexity index is 446. The molecule has 1 atom stereocenters. The first-order valence-electron chi connectivity index (χ1n) is 5.75. The summed E-state index contributed by atoms with van der Waals surface area (Å²) >= 11 is 0. The second-order valence-electron chi connectivity index (χ2n) is 4.55. The normalized spacial score (nSPS) is 20.1. The SMILES string of the molecule is CC(C)C1CC=C(c2ccc(F)cc2)C(=O)O1. The molecule has 1 aliphatic rings. The zero-order valence-electron chi connectivity index (χ0n) is 9.94. The van der Waals surface area contributed by atoms with Gasteiger partial charge < -0.3 is 4.74 Å². The molecule has 1 aromatic carbocycles. The molecule has 1 unspecified atom stereocenters. The summed E-state index contributed by atoms with van der Waals surface area (Å²) in [4.78, 5) is 11.8. The number of esters is 1. The van der Waals surface area contributed by atoms with Crippen LogP contribution in [0, 0.1) is 11.7 Å². The van der Waals surface area contributed by atoms with Gasteiger partial charge in [-0.25, -0.2) is 9.18 Å². The summed E-state index contributed by atoms with van der Waals surface area (Å²) in [5.74, 6) is -0.315. The van der Waals surface area contributed by atoms with Gasteiger partial charge in [-0.2, -0.15) is 0 Å². The Labute approximate surface area is 100 Å². The van der Waals surface area contributed by atoms with E-state index in [-0.39, 0.29) is 17.9 Å². The van der Waals surface area contributed by atoms with Gasteiger partial charge in [-0.15, -0.1) is 0 Å². The first-order valence-corrected chi connectivity index (χ1v) is 5.75. The van der Waals surface area contributed by atoms with Crippen molar-refractivity contribution in [1.29, 1.82) is 0 Å². The van der Waals surface area contributed by atoms with Gasteiger partial charge in [-0.3, -0.25) is 0 Å². The number of cyclic esters (lactones) is 1. The predicted molar refractivity (Wildman–Crippen MR) is 63.7 cm³/mol. The van der Waals surface area contributed by atoms with Gasteiger partial charge in [0.2, 0.25) is 0 Å². The number of benzene rings is 1. The average Bonchev–Trinajstić information content (AvgIpc) is 2.30. The van der Waals surface area contributed by atoms with Crippen molar-refractivity contribution in [3.05, 3.63) is 41.7 Å². The van der Waals surface area contributed by atoms with E-state index in [2.05, 4.69) is 0 Å². The molecule has 0 spiro atoms. The molecular weight excluding hydrogens is 219 g/mol. The molecule has 0 aliphatic carbocycles. The highest BCUT2D eigenvalue weighted by Crippen LogP contribution is 2.26. The molecule has 0 fully saturated rings. The number of halogens is 1. The number of rotatable bonds is 2. The molecule has 2 nitrogen and oxygen atoms in total. The summed E-state index contributed by atoms with van der Waals surface area (Å²) in [5.41, 5.74) is 1.24. The molecule has 0 amide bonds. The van der Waals surface area contributed by atoms with Crippen molar-refractivity contribution >= 4 is 11.5 Å². The molecule has 0 N–H and O–H groups in total. The maximum Gasteiger partial charge on any atom is 0.338 e. The molecule has 0 radical (unpaired) electrons. The van der Waals surface area contributed by atoms with Crippen LogP contribution in [-0.2, 0) is 9.53 Å². The van der Waals surface area contributed by atoms with Gasteiger partial charge in [0.05, 0.1) is 5.57 Å². The van der Waals surface area contributed by atoms with Gasteiger partial charge in [0, 0.05) is 6.42 Å². The molecule has 1 heterocycles. The van der Waals surface area contributed by atoms with E-state index in [0.29, 0.717) is 17.1 Å². The van der Waals surface area contributed by atoms with Crippen molar-refractivity contribution in [2.45, 2.75) is 26.4 Å². The monoisotopic (exact) mass is 234 g/mol. The van der Waals surface area contributed by atoms with Crippen molar-refractivity contribution < 1.29 is 13.9 Å². The van der Waals surface area contributed by atoms with Gasteiger partial charge in [-0.05, 0) is 23.6 Å². The third-order valence-corrected chi connectivity index (χ3v) is 2.93. The van der Waals surface area contributed by atoms with Crippen LogP contribution in [0.25, 0.3) is 5.57 Å². The Morgan fingerprint density at radius 3 is 2.47 bits per heavy atom. The molecule has 0 aromatic heterocycles. The number of ether oxygens (including phenoxy) is 1. The molecule has 3 heteroatoms. The molecule has 0 saturated carbocycles. The third-order valence-electron chi connectivity index (χ3n) is 2.93. The molecular formula is C14H15FO2. The zero-order chi connectivity index (χ0) is 12.4. The van der Waals surface area contributed by atoms with Crippen LogP contribution in [-0.4, -0.2) is 12.1 Å². The van der Waals surface area contributed by atoms with Crippen molar-refractivity contribution in [3.63, 3.8) is 0 Å². The first-order chi connectivity index (χ1) is 8.08. The fourth-order valence-corrected chi connectivity index (χ4v) is 1.84. The van der Waals surface area contributed by atoms with Crippen LogP contribution < -0.4 is 0 Å². The van der Waals surface area contributed by atoms with Crippen molar-refractivity contribution in [2.24, 2.45) is 5.92 Å². The second-order valence-corrected chi connectivity index (χ2v) is 4.55. The third kappa shape index (κ3) is 2.54. The van der Waals surface area contributed by atoms with Gasteiger partial charge >= 0.3 is 5.97 Å². The van der Waals surface area contributed by atoms with E-state index in [0.717, 1.165) is 6.42 Å². The maximum atomic E-state index is 12.8. The number of carbonyl (C=O) groups is 1. The summed E-state index contributed by atoms with van der Waals surface area (Å²) in [7, 11) is 0. The highest BCUT2D eigenvalue weighted by Gasteiger charge is 2.25. The van der Waals surface area contributed by atoms with Crippen LogP contribution >= 0.6 is 0 Å². The standard InChI is InChI=1S/C14H15FO2/c1-9(2)13-8-7-12(14(16)17-13)10-3-5-11(15)6-4-10/h3-7,9,13H,8H2,1-2H3. The predicted octanol–water partition coefficient (Wildman–Crippen LogP) is 3.18. The van der Waals surface area contributed by atoms with E-state index >= 15 is 0 Å². The molecule has 0 saturated heterocycles. The van der Waals surface area contributed by atoms with E-state index in [1.54, 1.807) is 12.1 Å². The quantitative estimate of drug-likeness (QED) is 0.735. The van der Waals surface area contributed by atoms with E-state index < -0.39 is 0 Å². The highest BCUT2D eigenvalue weighted by molar-refractivity contribution is 6.17. The number of carbonyl (C=O) groups excluding carboxylic acids is 1. The summed E-state index contributed by atoms with van der Waals surface area (Å²) in [6.45, 7) is 4.04. The molecule has 0 bridgehead atoms. The lowest BCUT2D eigenvalue weighted by Crippen LogP contribution is -2.27. The van der Waals surface area contributed by atoms with Crippen LogP contribution in [0.5, 0.6) is 0 Å². The second kappa shape index (κ2) is 4.70. The minimum Gasteiger partial charge on any atom is -0.458 e. The summed E-state index contributed by atoms with van der Waals surface area (Å²) in [6, 6.07) is 5.88. The summed E-state index contributed by atoms with van der Waals surface area (Å²) < 4.78 is 18.1. The van der Waals surface area contributed by atoms with E-state index in [9.17, 15) is 9.18 Å². The zero-order valence-corrected chi connectivity index (χ0v) is 9.94. The Hall–Kier alpha value is -1.64. The van der Waals surface area contributed by atoms with Gasteiger partial charge in [0.25, 0.3) is 0 Å². The van der Waals surface area contributed by atoms with Crippen molar-refractivity contribution in [1.82, 2.24) is 0 Å². The average molecular weight is 234 g/mol. The van der Waals surface area contributed by atoms with Crippen LogP contribution in [0.1, 0.15) is 25.8 Å². The molecule has 1 aromatic rings. The maximum absolute atomic E-state index is 12.8. The minimum absolute atomic E-state index is 0.0494. The number of hydrogen-bond acceptors (Lipinski definition) is 2. The van der Waals surface area contributed by atoms with Crippen LogP contribution in [0.2, 0.25) is 0 Å². The lowest BCUT2D eigenvalue weighted by Gasteiger charge is -2.25. The van der Waals surface area contributed by atoms with E-state index in [4.69, 9.17) is 4.74 Å². The Morgan fingerprint density at radius 2 is 1.94 bits per heavy atom. The topological polar surface area (TPSA) is 26.3 Å². The Morgan fingerprint density at radius 1 is 1.29 bits per heavy atom. The summed E-state index contributed by atoms with van der Waals surface area (Å²) in [5, 5.41) is 0. The van der Waals surface area contributed by atoms with Crippen LogP contribution in [0.3, 0.4) is 0 Å². The van der Waals surface area contributed by atoms with Crippen molar-refractivity contribution in [3.8, 4) is 0 Å². The fourth-order valence-electron chi connectivity index (χ4n) is 1.84. The van der Waals surface area contributed by atoms with Gasteiger partial charge in [0.15, 0.2) is 0 Å². The first kappa shape index (κ1) is 11.8. The van der Waals surface area contributed by atoms with Crippen LogP contribution in [0.15, 0.2) is 30.3 Å².